The molecule has 0 fully saturated rings. The third kappa shape index (κ3) is 2.65. The van der Waals surface area contributed by atoms with E-state index in [2.05, 4.69) is 30.5 Å². The van der Waals surface area contributed by atoms with Crippen LogP contribution < -0.4 is 0 Å². The number of rotatable bonds is 3. The quantitative estimate of drug-likeness (QED) is 0.422. The minimum atomic E-state index is 0.432. The Kier molecular flexibility index (Phi) is 4.03. The molecule has 80 valence electrons. The number of hydrogen-bond acceptors (Lipinski definition) is 2. The minimum Gasteiger partial charge on any atom is -0.270 e. The van der Waals surface area contributed by atoms with E-state index in [1.807, 2.05) is 22.9 Å². The molecule has 0 saturated carbocycles. The second-order valence-corrected chi connectivity index (χ2v) is 3.50. The van der Waals surface area contributed by atoms with Gasteiger partial charge in [0, 0.05) is 18.9 Å². The first-order valence-electron chi connectivity index (χ1n) is 5.01. The Labute approximate surface area is 90.8 Å². The van der Waals surface area contributed by atoms with Crippen LogP contribution in [0.5, 0.6) is 0 Å². The standard InChI is InChI=1S/C12H17N3/c1-5-6-7-12(13-4)15-11(10(2)3)8-9-14-15/h5-10H,1H2,2-4H3/b7-6-,13-12?. The van der Waals surface area contributed by atoms with Gasteiger partial charge in [-0.2, -0.15) is 5.10 Å². The number of allylic oxidation sites excluding steroid dienone is 3. The Morgan fingerprint density at radius 1 is 1.60 bits per heavy atom. The molecule has 0 aliphatic rings. The number of aromatic nitrogens is 2. The fourth-order valence-corrected chi connectivity index (χ4v) is 1.34. The van der Waals surface area contributed by atoms with Crippen LogP contribution in [-0.4, -0.2) is 22.7 Å². The lowest BCUT2D eigenvalue weighted by Crippen LogP contribution is -2.14. The van der Waals surface area contributed by atoms with Crippen molar-refractivity contribution >= 4 is 5.84 Å². The van der Waals surface area contributed by atoms with Gasteiger partial charge in [0.2, 0.25) is 0 Å². The number of hydrogen-bond donors (Lipinski definition) is 0. The molecule has 0 bridgehead atoms. The largest absolute Gasteiger partial charge is 0.270 e. The Balaban J connectivity index is 3.08. The average Bonchev–Trinajstić information content (AvgIpc) is 2.68. The van der Waals surface area contributed by atoms with Gasteiger partial charge in [0.1, 0.15) is 5.84 Å². The fourth-order valence-electron chi connectivity index (χ4n) is 1.34. The lowest BCUT2D eigenvalue weighted by Gasteiger charge is -2.09. The Hall–Kier alpha value is -1.64. The molecule has 1 heterocycles. The van der Waals surface area contributed by atoms with Gasteiger partial charge in [0.15, 0.2) is 0 Å². The van der Waals surface area contributed by atoms with E-state index in [0.29, 0.717) is 5.92 Å². The first-order valence-corrected chi connectivity index (χ1v) is 5.01. The molecule has 15 heavy (non-hydrogen) atoms. The van der Waals surface area contributed by atoms with Crippen molar-refractivity contribution in [2.75, 3.05) is 7.05 Å². The molecular formula is C12H17N3. The van der Waals surface area contributed by atoms with Gasteiger partial charge in [-0.1, -0.05) is 32.6 Å². The van der Waals surface area contributed by atoms with E-state index >= 15 is 0 Å². The van der Waals surface area contributed by atoms with Crippen LogP contribution in [0, 0.1) is 0 Å². The summed E-state index contributed by atoms with van der Waals surface area (Å²) in [5.74, 6) is 1.25. The Morgan fingerprint density at radius 2 is 2.33 bits per heavy atom. The molecule has 1 aromatic rings. The van der Waals surface area contributed by atoms with Crippen molar-refractivity contribution in [3.8, 4) is 0 Å². The van der Waals surface area contributed by atoms with Gasteiger partial charge in [-0.05, 0) is 18.1 Å². The van der Waals surface area contributed by atoms with Crippen molar-refractivity contribution in [1.82, 2.24) is 9.78 Å². The smallest absolute Gasteiger partial charge is 0.148 e. The van der Waals surface area contributed by atoms with Crippen LogP contribution in [-0.2, 0) is 0 Å². The highest BCUT2D eigenvalue weighted by Crippen LogP contribution is 2.13. The Morgan fingerprint density at radius 3 is 2.87 bits per heavy atom. The molecule has 1 aromatic heterocycles. The third-order valence-corrected chi connectivity index (χ3v) is 2.09. The second kappa shape index (κ2) is 5.29. The van der Waals surface area contributed by atoms with E-state index in [4.69, 9.17) is 0 Å². The van der Waals surface area contributed by atoms with Gasteiger partial charge in [0.05, 0.1) is 0 Å². The van der Waals surface area contributed by atoms with Crippen molar-refractivity contribution in [3.05, 3.63) is 42.8 Å². The molecule has 0 spiro atoms. The number of nitrogens with zero attached hydrogens (tertiary/aromatic N) is 3. The summed E-state index contributed by atoms with van der Waals surface area (Å²) in [6, 6.07) is 2.01. The van der Waals surface area contributed by atoms with E-state index in [0.717, 1.165) is 11.5 Å². The Bertz CT molecular complexity index is 383. The molecule has 3 heteroatoms. The molecule has 0 aliphatic heterocycles. The lowest BCUT2D eigenvalue weighted by molar-refractivity contribution is 0.759. The molecule has 0 aromatic carbocycles. The van der Waals surface area contributed by atoms with E-state index in [-0.39, 0.29) is 0 Å². The number of aliphatic imine (C=N–C) groups is 1. The summed E-state index contributed by atoms with van der Waals surface area (Å²) in [7, 11) is 1.76. The third-order valence-electron chi connectivity index (χ3n) is 2.09. The predicted octanol–water partition coefficient (Wildman–Crippen LogP) is 2.63. The zero-order chi connectivity index (χ0) is 11.3. The van der Waals surface area contributed by atoms with Gasteiger partial charge in [-0.3, -0.25) is 4.99 Å². The molecule has 0 radical (unpaired) electrons. The van der Waals surface area contributed by atoms with Crippen LogP contribution in [0.2, 0.25) is 0 Å². The van der Waals surface area contributed by atoms with Gasteiger partial charge in [-0.25, -0.2) is 4.68 Å². The van der Waals surface area contributed by atoms with Crippen molar-refractivity contribution in [3.63, 3.8) is 0 Å². The van der Waals surface area contributed by atoms with E-state index in [9.17, 15) is 0 Å². The molecule has 3 nitrogen and oxygen atoms in total. The van der Waals surface area contributed by atoms with Crippen LogP contribution in [0.25, 0.3) is 0 Å². The zero-order valence-corrected chi connectivity index (χ0v) is 9.51. The molecule has 1 rings (SSSR count). The summed E-state index contributed by atoms with van der Waals surface area (Å²) in [5.41, 5.74) is 1.16. The molecule has 0 saturated heterocycles. The van der Waals surface area contributed by atoms with Crippen molar-refractivity contribution in [2.24, 2.45) is 4.99 Å². The maximum atomic E-state index is 4.26. The summed E-state index contributed by atoms with van der Waals surface area (Å²) < 4.78 is 1.85. The molecule has 0 unspecified atom stereocenters. The minimum absolute atomic E-state index is 0.432. The molecule has 0 aliphatic carbocycles. The highest BCUT2D eigenvalue weighted by Gasteiger charge is 2.08. The topological polar surface area (TPSA) is 30.2 Å². The van der Waals surface area contributed by atoms with Crippen LogP contribution in [0.1, 0.15) is 25.5 Å². The van der Waals surface area contributed by atoms with Crippen molar-refractivity contribution in [2.45, 2.75) is 19.8 Å². The molecule has 0 atom stereocenters. The highest BCUT2D eigenvalue weighted by atomic mass is 15.3. The maximum Gasteiger partial charge on any atom is 0.148 e. The lowest BCUT2D eigenvalue weighted by atomic mass is 10.1. The van der Waals surface area contributed by atoms with Crippen LogP contribution in [0.15, 0.2) is 42.1 Å². The van der Waals surface area contributed by atoms with Gasteiger partial charge in [-0.15, -0.1) is 0 Å². The molecular weight excluding hydrogens is 186 g/mol. The summed E-state index contributed by atoms with van der Waals surface area (Å²) in [6.45, 7) is 7.91. The summed E-state index contributed by atoms with van der Waals surface area (Å²) in [4.78, 5) is 4.19. The fraction of sp³-hybridized carbons (Fsp3) is 0.333. The normalized spacial score (nSPS) is 12.7. The van der Waals surface area contributed by atoms with E-state index in [1.54, 1.807) is 19.3 Å². The monoisotopic (exact) mass is 203 g/mol. The zero-order valence-electron chi connectivity index (χ0n) is 9.51. The average molecular weight is 203 g/mol. The van der Waals surface area contributed by atoms with Crippen molar-refractivity contribution in [1.29, 1.82) is 0 Å². The van der Waals surface area contributed by atoms with E-state index < -0.39 is 0 Å². The summed E-state index contributed by atoms with van der Waals surface area (Å²) in [5, 5.41) is 4.26. The van der Waals surface area contributed by atoms with Crippen LogP contribution in [0.3, 0.4) is 0 Å². The van der Waals surface area contributed by atoms with Crippen LogP contribution in [0.4, 0.5) is 0 Å². The van der Waals surface area contributed by atoms with Gasteiger partial charge >= 0.3 is 0 Å². The highest BCUT2D eigenvalue weighted by molar-refractivity contribution is 5.94. The molecule has 0 amide bonds. The van der Waals surface area contributed by atoms with Crippen LogP contribution >= 0.6 is 0 Å². The van der Waals surface area contributed by atoms with Gasteiger partial charge < -0.3 is 0 Å². The summed E-state index contributed by atoms with van der Waals surface area (Å²) in [6.07, 6.45) is 7.27. The maximum absolute atomic E-state index is 4.26. The SMILES string of the molecule is C=C/C=C\C(=NC)n1nccc1C(C)C. The molecule has 0 N–H and O–H groups in total. The first-order chi connectivity index (χ1) is 7.20. The second-order valence-electron chi connectivity index (χ2n) is 3.50. The van der Waals surface area contributed by atoms with Gasteiger partial charge in [0.25, 0.3) is 0 Å². The summed E-state index contributed by atoms with van der Waals surface area (Å²) >= 11 is 0. The first kappa shape index (κ1) is 11.4. The van der Waals surface area contributed by atoms with E-state index in [1.165, 1.54) is 0 Å². The predicted molar refractivity (Wildman–Crippen MR) is 64.4 cm³/mol. The van der Waals surface area contributed by atoms with Crippen molar-refractivity contribution < 1.29 is 0 Å².